The van der Waals surface area contributed by atoms with Crippen LogP contribution in [0.15, 0.2) is 24.3 Å². The van der Waals surface area contributed by atoms with Crippen molar-refractivity contribution in [2.24, 2.45) is 0 Å². The third-order valence-electron chi connectivity index (χ3n) is 2.32. The van der Waals surface area contributed by atoms with Crippen LogP contribution >= 0.6 is 11.8 Å². The van der Waals surface area contributed by atoms with Crippen LogP contribution in [0, 0.1) is 5.82 Å². The van der Waals surface area contributed by atoms with Gasteiger partial charge in [0.15, 0.2) is 0 Å². The molecule has 1 atom stereocenters. The largest absolute Gasteiger partial charge is 0.310 e. The first-order valence-electron chi connectivity index (χ1n) is 5.22. The predicted molar refractivity (Wildman–Crippen MR) is 65.8 cm³/mol. The molecule has 0 saturated carbocycles. The average Bonchev–Trinajstić information content (AvgIpc) is 2.24. The molecule has 0 amide bonds. The zero-order valence-corrected chi connectivity index (χ0v) is 10.1. The Morgan fingerprint density at radius 3 is 2.93 bits per heavy atom. The van der Waals surface area contributed by atoms with Crippen molar-refractivity contribution in [1.82, 2.24) is 5.32 Å². The molecule has 1 nitrogen and oxygen atoms in total. The van der Waals surface area contributed by atoms with Gasteiger partial charge in [-0.1, -0.05) is 12.1 Å². The summed E-state index contributed by atoms with van der Waals surface area (Å²) in [5.74, 6) is 1.01. The molecule has 15 heavy (non-hydrogen) atoms. The van der Waals surface area contributed by atoms with Gasteiger partial charge in [0.2, 0.25) is 0 Å². The highest BCUT2D eigenvalue weighted by molar-refractivity contribution is 7.98. The summed E-state index contributed by atoms with van der Waals surface area (Å²) >= 11 is 1.85. The minimum Gasteiger partial charge on any atom is -0.310 e. The topological polar surface area (TPSA) is 12.0 Å². The molecule has 0 aliphatic carbocycles. The van der Waals surface area contributed by atoms with Gasteiger partial charge >= 0.3 is 0 Å². The Kier molecular flexibility index (Phi) is 5.73. The molecule has 0 aromatic heterocycles. The molecule has 1 aromatic rings. The second kappa shape index (κ2) is 6.85. The van der Waals surface area contributed by atoms with Crippen LogP contribution in [0.25, 0.3) is 0 Å². The van der Waals surface area contributed by atoms with Gasteiger partial charge in [-0.3, -0.25) is 0 Å². The smallest absolute Gasteiger partial charge is 0.123 e. The summed E-state index contributed by atoms with van der Waals surface area (Å²) in [4.78, 5) is 0. The first-order chi connectivity index (χ1) is 7.24. The van der Waals surface area contributed by atoms with E-state index < -0.39 is 0 Å². The summed E-state index contributed by atoms with van der Waals surface area (Å²) < 4.78 is 12.9. The number of nitrogens with one attached hydrogen (secondary N) is 1. The molecule has 1 rings (SSSR count). The quantitative estimate of drug-likeness (QED) is 0.749. The number of benzene rings is 1. The van der Waals surface area contributed by atoms with E-state index in [0.717, 1.165) is 18.5 Å². The molecule has 0 bridgehead atoms. The average molecular weight is 227 g/mol. The van der Waals surface area contributed by atoms with Crippen LogP contribution in [0.3, 0.4) is 0 Å². The van der Waals surface area contributed by atoms with Gasteiger partial charge in [0, 0.05) is 6.04 Å². The zero-order chi connectivity index (χ0) is 11.1. The van der Waals surface area contributed by atoms with Gasteiger partial charge in [0.25, 0.3) is 0 Å². The standard InChI is InChI=1S/C12H18FNS/c1-10(14-7-4-8-15-2)11-5-3-6-12(13)9-11/h3,5-6,9-10,14H,4,7-8H2,1-2H3/t10-/m0/s1. The lowest BCUT2D eigenvalue weighted by Crippen LogP contribution is -2.20. The number of hydrogen-bond acceptors (Lipinski definition) is 2. The van der Waals surface area contributed by atoms with Crippen molar-refractivity contribution in [3.8, 4) is 0 Å². The molecular formula is C12H18FNS. The molecule has 0 heterocycles. The fraction of sp³-hybridized carbons (Fsp3) is 0.500. The molecular weight excluding hydrogens is 209 g/mol. The Bertz CT molecular complexity index is 291. The van der Waals surface area contributed by atoms with Crippen molar-refractivity contribution in [1.29, 1.82) is 0 Å². The summed E-state index contributed by atoms with van der Waals surface area (Å²) in [5.41, 5.74) is 1.01. The minimum atomic E-state index is -0.162. The Morgan fingerprint density at radius 1 is 1.47 bits per heavy atom. The van der Waals surface area contributed by atoms with Crippen molar-refractivity contribution in [2.75, 3.05) is 18.6 Å². The van der Waals surface area contributed by atoms with E-state index >= 15 is 0 Å². The summed E-state index contributed by atoms with van der Waals surface area (Å²) in [6.07, 6.45) is 3.26. The first-order valence-corrected chi connectivity index (χ1v) is 6.61. The van der Waals surface area contributed by atoms with Crippen LogP contribution in [0.1, 0.15) is 24.9 Å². The lowest BCUT2D eigenvalue weighted by Gasteiger charge is -2.13. The highest BCUT2D eigenvalue weighted by Gasteiger charge is 2.04. The maximum atomic E-state index is 12.9. The molecule has 0 saturated heterocycles. The van der Waals surface area contributed by atoms with Gasteiger partial charge in [-0.15, -0.1) is 0 Å². The molecule has 0 aliphatic rings. The Balaban J connectivity index is 2.36. The van der Waals surface area contributed by atoms with E-state index in [4.69, 9.17) is 0 Å². The highest BCUT2D eigenvalue weighted by Crippen LogP contribution is 2.13. The molecule has 0 unspecified atom stereocenters. The third kappa shape index (κ3) is 4.67. The second-order valence-electron chi connectivity index (χ2n) is 3.58. The molecule has 0 radical (unpaired) electrons. The zero-order valence-electron chi connectivity index (χ0n) is 9.29. The molecule has 0 aliphatic heterocycles. The predicted octanol–water partition coefficient (Wildman–Crippen LogP) is 3.23. The normalized spacial score (nSPS) is 12.7. The van der Waals surface area contributed by atoms with Gasteiger partial charge < -0.3 is 5.32 Å². The summed E-state index contributed by atoms with van der Waals surface area (Å²) in [7, 11) is 0. The van der Waals surface area contributed by atoms with E-state index in [1.807, 2.05) is 17.8 Å². The van der Waals surface area contributed by atoms with Gasteiger partial charge in [0.05, 0.1) is 0 Å². The van der Waals surface area contributed by atoms with Gasteiger partial charge in [0.1, 0.15) is 5.82 Å². The molecule has 3 heteroatoms. The van der Waals surface area contributed by atoms with E-state index in [1.54, 1.807) is 12.1 Å². The van der Waals surface area contributed by atoms with E-state index in [1.165, 1.54) is 11.8 Å². The van der Waals surface area contributed by atoms with Gasteiger partial charge in [-0.2, -0.15) is 11.8 Å². The summed E-state index contributed by atoms with van der Waals surface area (Å²) in [5, 5.41) is 3.38. The number of halogens is 1. The van der Waals surface area contributed by atoms with E-state index in [9.17, 15) is 4.39 Å². The van der Waals surface area contributed by atoms with Crippen LogP contribution in [0.4, 0.5) is 4.39 Å². The van der Waals surface area contributed by atoms with Crippen LogP contribution in [0.2, 0.25) is 0 Å². The third-order valence-corrected chi connectivity index (χ3v) is 3.02. The monoisotopic (exact) mass is 227 g/mol. The highest BCUT2D eigenvalue weighted by atomic mass is 32.2. The maximum absolute atomic E-state index is 12.9. The SMILES string of the molecule is CSCCCN[C@@H](C)c1cccc(F)c1. The lowest BCUT2D eigenvalue weighted by atomic mass is 10.1. The van der Waals surface area contributed by atoms with Crippen molar-refractivity contribution < 1.29 is 4.39 Å². The molecule has 0 spiro atoms. The fourth-order valence-electron chi connectivity index (χ4n) is 1.43. The Labute approximate surface area is 95.5 Å². The van der Waals surface area contributed by atoms with Crippen LogP contribution in [-0.4, -0.2) is 18.6 Å². The lowest BCUT2D eigenvalue weighted by molar-refractivity contribution is 0.564. The fourth-order valence-corrected chi connectivity index (χ4v) is 1.86. The van der Waals surface area contributed by atoms with Crippen LogP contribution in [-0.2, 0) is 0 Å². The van der Waals surface area contributed by atoms with E-state index in [0.29, 0.717) is 0 Å². The maximum Gasteiger partial charge on any atom is 0.123 e. The van der Waals surface area contributed by atoms with Crippen molar-refractivity contribution >= 4 is 11.8 Å². The van der Waals surface area contributed by atoms with E-state index in [2.05, 4.69) is 18.5 Å². The summed E-state index contributed by atoms with van der Waals surface area (Å²) in [6, 6.07) is 7.00. The molecule has 0 fully saturated rings. The number of thioether (sulfide) groups is 1. The van der Waals surface area contributed by atoms with Gasteiger partial charge in [-0.25, -0.2) is 4.39 Å². The minimum absolute atomic E-state index is 0.162. The molecule has 84 valence electrons. The van der Waals surface area contributed by atoms with Crippen LogP contribution in [0.5, 0.6) is 0 Å². The Morgan fingerprint density at radius 2 is 2.27 bits per heavy atom. The van der Waals surface area contributed by atoms with Crippen molar-refractivity contribution in [3.05, 3.63) is 35.6 Å². The van der Waals surface area contributed by atoms with Crippen molar-refractivity contribution in [3.63, 3.8) is 0 Å². The summed E-state index contributed by atoms with van der Waals surface area (Å²) in [6.45, 7) is 3.05. The molecule has 1 N–H and O–H groups in total. The first kappa shape index (κ1) is 12.5. The van der Waals surface area contributed by atoms with E-state index in [-0.39, 0.29) is 11.9 Å². The van der Waals surface area contributed by atoms with Crippen molar-refractivity contribution in [2.45, 2.75) is 19.4 Å². The second-order valence-corrected chi connectivity index (χ2v) is 4.56. The number of rotatable bonds is 6. The van der Waals surface area contributed by atoms with Gasteiger partial charge in [-0.05, 0) is 49.6 Å². The van der Waals surface area contributed by atoms with Crippen LogP contribution < -0.4 is 5.32 Å². The number of hydrogen-bond donors (Lipinski definition) is 1. The molecule has 1 aromatic carbocycles. The Hall–Kier alpha value is -0.540.